The van der Waals surface area contributed by atoms with Crippen molar-refractivity contribution >= 4 is 5.97 Å². The summed E-state index contributed by atoms with van der Waals surface area (Å²) in [7, 11) is 0. The Morgan fingerprint density at radius 3 is 1.71 bits per heavy atom. The predicted octanol–water partition coefficient (Wildman–Crippen LogP) is 13.0. The fourth-order valence-electron chi connectivity index (χ4n) is 7.24. The standard InChI is InChI=1S/C45H87N3O3/c1-5-8-11-14-16-18-25-33-45(49)51-41-29-22-20-27-36-47(37-30-38-48-39-34-46-43(48)4)35-26-19-21-28-40-50-42-44(31-23-13-10-7-3)32-24-17-15-12-9-6-2/h34,39,44H,5-33,35-38,40-42H2,1-4H3. The molecule has 0 radical (unpaired) electrons. The summed E-state index contributed by atoms with van der Waals surface area (Å²) >= 11 is 0. The highest BCUT2D eigenvalue weighted by atomic mass is 16.5. The Kier molecular flexibility index (Phi) is 34.5. The maximum atomic E-state index is 12.1. The van der Waals surface area contributed by atoms with Gasteiger partial charge in [-0.3, -0.25) is 4.79 Å². The molecule has 1 aromatic rings. The summed E-state index contributed by atoms with van der Waals surface area (Å²) in [6, 6.07) is 0. The van der Waals surface area contributed by atoms with Crippen molar-refractivity contribution in [1.29, 1.82) is 0 Å². The molecule has 0 saturated carbocycles. The van der Waals surface area contributed by atoms with Gasteiger partial charge in [0.2, 0.25) is 0 Å². The summed E-state index contributed by atoms with van der Waals surface area (Å²) in [6.07, 6.45) is 40.6. The molecule has 0 saturated heterocycles. The minimum absolute atomic E-state index is 0.0000723. The van der Waals surface area contributed by atoms with Crippen molar-refractivity contribution in [2.24, 2.45) is 5.92 Å². The van der Waals surface area contributed by atoms with E-state index in [0.717, 1.165) is 70.1 Å². The molecule has 0 aliphatic rings. The van der Waals surface area contributed by atoms with E-state index in [1.54, 1.807) is 0 Å². The quantitative estimate of drug-likeness (QED) is 0.0500. The number of carbonyl (C=O) groups is 1. The van der Waals surface area contributed by atoms with Gasteiger partial charge in [0.05, 0.1) is 6.61 Å². The molecule has 1 unspecified atom stereocenters. The summed E-state index contributed by atoms with van der Waals surface area (Å²) in [4.78, 5) is 19.2. The van der Waals surface area contributed by atoms with Gasteiger partial charge in [0.1, 0.15) is 5.82 Å². The zero-order chi connectivity index (χ0) is 36.9. The first-order chi connectivity index (χ1) is 25.1. The van der Waals surface area contributed by atoms with Gasteiger partial charge in [0.25, 0.3) is 0 Å². The molecule has 0 aliphatic carbocycles. The van der Waals surface area contributed by atoms with Gasteiger partial charge in [0, 0.05) is 38.6 Å². The third-order valence-corrected chi connectivity index (χ3v) is 10.7. The Bertz CT molecular complexity index is 859. The molecule has 1 rings (SSSR count). The summed E-state index contributed by atoms with van der Waals surface area (Å²) < 4.78 is 14.1. The zero-order valence-corrected chi connectivity index (χ0v) is 34.8. The Morgan fingerprint density at radius 2 is 1.12 bits per heavy atom. The topological polar surface area (TPSA) is 56.6 Å². The van der Waals surface area contributed by atoms with Crippen LogP contribution in [0.3, 0.4) is 0 Å². The van der Waals surface area contributed by atoms with Gasteiger partial charge in [0.15, 0.2) is 0 Å². The predicted molar refractivity (Wildman–Crippen MR) is 220 cm³/mol. The van der Waals surface area contributed by atoms with Crippen molar-refractivity contribution in [2.45, 2.75) is 220 Å². The second-order valence-electron chi connectivity index (χ2n) is 15.6. The number of ether oxygens (including phenoxy) is 2. The molecule has 0 amide bonds. The third-order valence-electron chi connectivity index (χ3n) is 10.7. The lowest BCUT2D eigenvalue weighted by Crippen LogP contribution is -2.28. The van der Waals surface area contributed by atoms with Crippen LogP contribution >= 0.6 is 0 Å². The highest BCUT2D eigenvalue weighted by Crippen LogP contribution is 2.20. The van der Waals surface area contributed by atoms with Gasteiger partial charge in [-0.2, -0.15) is 0 Å². The van der Waals surface area contributed by atoms with Crippen LogP contribution in [0.5, 0.6) is 0 Å². The molecule has 51 heavy (non-hydrogen) atoms. The maximum Gasteiger partial charge on any atom is 0.305 e. The van der Waals surface area contributed by atoms with Gasteiger partial charge >= 0.3 is 5.97 Å². The number of aromatic nitrogens is 2. The number of carbonyl (C=O) groups excluding carboxylic acids is 1. The van der Waals surface area contributed by atoms with Crippen LogP contribution in [0, 0.1) is 12.8 Å². The van der Waals surface area contributed by atoms with Gasteiger partial charge in [-0.15, -0.1) is 0 Å². The molecule has 6 nitrogen and oxygen atoms in total. The van der Waals surface area contributed by atoms with Crippen molar-refractivity contribution in [3.63, 3.8) is 0 Å². The molecule has 0 N–H and O–H groups in total. The molecule has 1 atom stereocenters. The highest BCUT2D eigenvalue weighted by Gasteiger charge is 2.10. The number of aryl methyl sites for hydroxylation is 2. The average molecular weight is 718 g/mol. The van der Waals surface area contributed by atoms with Crippen LogP contribution in [0.2, 0.25) is 0 Å². The number of unbranched alkanes of at least 4 members (excludes halogenated alkanes) is 20. The van der Waals surface area contributed by atoms with E-state index in [1.807, 2.05) is 6.20 Å². The Morgan fingerprint density at radius 1 is 0.627 bits per heavy atom. The Balaban J connectivity index is 2.23. The molecule has 0 bridgehead atoms. The number of imidazole rings is 1. The smallest absolute Gasteiger partial charge is 0.305 e. The van der Waals surface area contributed by atoms with Crippen LogP contribution in [0.25, 0.3) is 0 Å². The fourth-order valence-corrected chi connectivity index (χ4v) is 7.24. The first kappa shape index (κ1) is 47.6. The van der Waals surface area contributed by atoms with E-state index in [0.29, 0.717) is 13.0 Å². The van der Waals surface area contributed by atoms with E-state index in [4.69, 9.17) is 9.47 Å². The second kappa shape index (κ2) is 36.9. The molecule has 6 heteroatoms. The van der Waals surface area contributed by atoms with Crippen molar-refractivity contribution in [2.75, 3.05) is 39.5 Å². The van der Waals surface area contributed by atoms with Crippen LogP contribution in [-0.4, -0.2) is 59.9 Å². The van der Waals surface area contributed by atoms with Gasteiger partial charge in [-0.05, 0) is 83.8 Å². The lowest BCUT2D eigenvalue weighted by atomic mass is 9.95. The minimum Gasteiger partial charge on any atom is -0.466 e. The lowest BCUT2D eigenvalue weighted by Gasteiger charge is -2.22. The van der Waals surface area contributed by atoms with Crippen molar-refractivity contribution < 1.29 is 14.3 Å². The van der Waals surface area contributed by atoms with Gasteiger partial charge < -0.3 is 18.9 Å². The normalized spacial score (nSPS) is 12.3. The summed E-state index contributed by atoms with van der Waals surface area (Å²) in [5, 5.41) is 0. The monoisotopic (exact) mass is 718 g/mol. The first-order valence-electron chi connectivity index (χ1n) is 22.5. The van der Waals surface area contributed by atoms with E-state index in [9.17, 15) is 4.79 Å². The molecule has 1 aromatic heterocycles. The second-order valence-corrected chi connectivity index (χ2v) is 15.6. The van der Waals surface area contributed by atoms with Gasteiger partial charge in [-0.1, -0.05) is 149 Å². The van der Waals surface area contributed by atoms with Crippen molar-refractivity contribution in [3.8, 4) is 0 Å². The SMILES string of the molecule is CCCCCCCCCC(=O)OCCCCCCN(CCCCCCOCC(CCCCCC)CCCCCCCC)CCCn1ccnc1C. The average Bonchev–Trinajstić information content (AvgIpc) is 3.54. The van der Waals surface area contributed by atoms with E-state index in [1.165, 1.54) is 161 Å². The lowest BCUT2D eigenvalue weighted by molar-refractivity contribution is -0.143. The van der Waals surface area contributed by atoms with Crippen molar-refractivity contribution in [1.82, 2.24) is 14.5 Å². The number of nitrogens with zero attached hydrogens (tertiary/aromatic N) is 3. The molecule has 0 aliphatic heterocycles. The largest absolute Gasteiger partial charge is 0.466 e. The Hall–Kier alpha value is -1.40. The highest BCUT2D eigenvalue weighted by molar-refractivity contribution is 5.69. The van der Waals surface area contributed by atoms with Crippen LogP contribution in [0.4, 0.5) is 0 Å². The van der Waals surface area contributed by atoms with Crippen LogP contribution in [0.15, 0.2) is 12.4 Å². The van der Waals surface area contributed by atoms with Gasteiger partial charge in [-0.25, -0.2) is 4.98 Å². The number of rotatable bonds is 40. The first-order valence-corrected chi connectivity index (χ1v) is 22.5. The van der Waals surface area contributed by atoms with E-state index in [-0.39, 0.29) is 5.97 Å². The third kappa shape index (κ3) is 30.7. The molecule has 0 spiro atoms. The Labute approximate surface area is 318 Å². The fraction of sp³-hybridized carbons (Fsp3) is 0.911. The molecular weight excluding hydrogens is 631 g/mol. The van der Waals surface area contributed by atoms with E-state index in [2.05, 4.69) is 48.3 Å². The van der Waals surface area contributed by atoms with E-state index >= 15 is 0 Å². The van der Waals surface area contributed by atoms with Crippen LogP contribution < -0.4 is 0 Å². The van der Waals surface area contributed by atoms with E-state index < -0.39 is 0 Å². The molecular formula is C45H87N3O3. The molecule has 300 valence electrons. The van der Waals surface area contributed by atoms with Crippen LogP contribution in [0.1, 0.15) is 213 Å². The number of hydrogen-bond acceptors (Lipinski definition) is 5. The molecule has 0 fully saturated rings. The summed E-state index contributed by atoms with van der Waals surface area (Å²) in [5.74, 6) is 1.87. The molecule has 0 aromatic carbocycles. The summed E-state index contributed by atoms with van der Waals surface area (Å²) in [5.41, 5.74) is 0. The van der Waals surface area contributed by atoms with Crippen LogP contribution in [-0.2, 0) is 20.8 Å². The van der Waals surface area contributed by atoms with Crippen molar-refractivity contribution in [3.05, 3.63) is 18.2 Å². The molecule has 1 heterocycles. The number of esters is 1. The zero-order valence-electron chi connectivity index (χ0n) is 34.8. The number of hydrogen-bond donors (Lipinski definition) is 0. The summed E-state index contributed by atoms with van der Waals surface area (Å²) in [6.45, 7) is 16.0. The maximum absolute atomic E-state index is 12.1. The minimum atomic E-state index is -0.0000723.